The number of aliphatic carboxylic acids is 1. The first-order valence-corrected chi connectivity index (χ1v) is 3.83. The summed E-state index contributed by atoms with van der Waals surface area (Å²) < 4.78 is 0. The molecule has 0 saturated carbocycles. The molecule has 0 unspecified atom stereocenters. The van der Waals surface area contributed by atoms with Crippen molar-refractivity contribution >= 4 is 11.9 Å². The Morgan fingerprint density at radius 2 is 1.92 bits per heavy atom. The van der Waals surface area contributed by atoms with Crippen LogP contribution in [0.4, 0.5) is 0 Å². The lowest BCUT2D eigenvalue weighted by molar-refractivity contribution is -0.143. The van der Waals surface area contributed by atoms with Crippen LogP contribution in [0.25, 0.3) is 0 Å². The van der Waals surface area contributed by atoms with Gasteiger partial charge in [-0.2, -0.15) is 0 Å². The van der Waals surface area contributed by atoms with Gasteiger partial charge in [-0.25, -0.2) is 0 Å². The molecule has 0 aliphatic carbocycles. The first-order chi connectivity index (χ1) is 6.11. The third kappa shape index (κ3) is 4.79. The Balaban J connectivity index is 4.21. The molecular weight excluding hydrogens is 170 g/mol. The SMILES string of the molecule is C=CCC(=O)N(CC=C)CC(=O)O. The maximum atomic E-state index is 11.2. The molecule has 1 amide bonds. The van der Waals surface area contributed by atoms with Gasteiger partial charge in [-0.1, -0.05) is 12.2 Å². The lowest BCUT2D eigenvalue weighted by atomic mass is 10.3. The fourth-order valence-corrected chi connectivity index (χ4v) is 0.826. The van der Waals surface area contributed by atoms with Gasteiger partial charge in [-0.3, -0.25) is 9.59 Å². The molecule has 13 heavy (non-hydrogen) atoms. The van der Waals surface area contributed by atoms with E-state index in [9.17, 15) is 9.59 Å². The molecule has 0 aromatic rings. The molecule has 1 N–H and O–H groups in total. The number of rotatable bonds is 6. The second-order valence-corrected chi connectivity index (χ2v) is 2.45. The largest absolute Gasteiger partial charge is 0.480 e. The molecule has 0 atom stereocenters. The maximum absolute atomic E-state index is 11.2. The second kappa shape index (κ2) is 5.99. The monoisotopic (exact) mass is 183 g/mol. The normalized spacial score (nSPS) is 8.92. The van der Waals surface area contributed by atoms with Crippen molar-refractivity contribution in [2.24, 2.45) is 0 Å². The molecule has 0 heterocycles. The summed E-state index contributed by atoms with van der Waals surface area (Å²) in [7, 11) is 0. The Morgan fingerprint density at radius 3 is 2.31 bits per heavy atom. The molecule has 0 aromatic heterocycles. The fourth-order valence-electron chi connectivity index (χ4n) is 0.826. The van der Waals surface area contributed by atoms with Crippen molar-refractivity contribution < 1.29 is 14.7 Å². The van der Waals surface area contributed by atoms with Crippen LogP contribution in [-0.4, -0.2) is 35.0 Å². The van der Waals surface area contributed by atoms with E-state index in [1.54, 1.807) is 0 Å². The molecule has 0 aromatic carbocycles. The van der Waals surface area contributed by atoms with Crippen LogP contribution in [0, 0.1) is 0 Å². The van der Waals surface area contributed by atoms with Gasteiger partial charge in [0.05, 0.1) is 0 Å². The highest BCUT2D eigenvalue weighted by atomic mass is 16.4. The van der Waals surface area contributed by atoms with E-state index >= 15 is 0 Å². The lowest BCUT2D eigenvalue weighted by Gasteiger charge is -2.17. The van der Waals surface area contributed by atoms with Crippen molar-refractivity contribution in [1.29, 1.82) is 0 Å². The summed E-state index contributed by atoms with van der Waals surface area (Å²) in [4.78, 5) is 22.8. The van der Waals surface area contributed by atoms with E-state index in [1.165, 1.54) is 17.1 Å². The Morgan fingerprint density at radius 1 is 1.31 bits per heavy atom. The average Bonchev–Trinajstić information content (AvgIpc) is 2.03. The third-order valence-corrected chi connectivity index (χ3v) is 1.35. The fraction of sp³-hybridized carbons (Fsp3) is 0.333. The van der Waals surface area contributed by atoms with Crippen molar-refractivity contribution in [2.45, 2.75) is 6.42 Å². The summed E-state index contributed by atoms with van der Waals surface area (Å²) >= 11 is 0. The quantitative estimate of drug-likeness (QED) is 0.615. The van der Waals surface area contributed by atoms with E-state index in [4.69, 9.17) is 5.11 Å². The summed E-state index contributed by atoms with van der Waals surface area (Å²) in [6, 6.07) is 0. The molecule has 0 aliphatic rings. The number of amides is 1. The number of carboxylic acids is 1. The Labute approximate surface area is 77.2 Å². The summed E-state index contributed by atoms with van der Waals surface area (Å²) in [6.07, 6.45) is 3.09. The number of carboxylic acid groups (broad SMARTS) is 1. The first-order valence-electron chi connectivity index (χ1n) is 3.83. The third-order valence-electron chi connectivity index (χ3n) is 1.35. The minimum Gasteiger partial charge on any atom is -0.480 e. The van der Waals surface area contributed by atoms with Gasteiger partial charge >= 0.3 is 5.97 Å². The smallest absolute Gasteiger partial charge is 0.323 e. The van der Waals surface area contributed by atoms with E-state index < -0.39 is 5.97 Å². The van der Waals surface area contributed by atoms with Crippen LogP contribution in [-0.2, 0) is 9.59 Å². The number of hydrogen-bond acceptors (Lipinski definition) is 2. The molecule has 4 heteroatoms. The molecule has 4 nitrogen and oxygen atoms in total. The molecule has 0 rings (SSSR count). The van der Waals surface area contributed by atoms with E-state index in [1.807, 2.05) is 0 Å². The van der Waals surface area contributed by atoms with Crippen LogP contribution < -0.4 is 0 Å². The number of nitrogens with zero attached hydrogens (tertiary/aromatic N) is 1. The van der Waals surface area contributed by atoms with Crippen molar-refractivity contribution in [3.8, 4) is 0 Å². The van der Waals surface area contributed by atoms with E-state index in [0.29, 0.717) is 0 Å². The topological polar surface area (TPSA) is 57.6 Å². The van der Waals surface area contributed by atoms with Gasteiger partial charge in [0.1, 0.15) is 6.54 Å². The summed E-state index contributed by atoms with van der Waals surface area (Å²) in [6.45, 7) is 6.80. The van der Waals surface area contributed by atoms with E-state index in [0.717, 1.165) is 0 Å². The van der Waals surface area contributed by atoms with E-state index in [2.05, 4.69) is 13.2 Å². The zero-order chi connectivity index (χ0) is 10.3. The second-order valence-electron chi connectivity index (χ2n) is 2.45. The number of hydrogen-bond donors (Lipinski definition) is 1. The van der Waals surface area contributed by atoms with Crippen LogP contribution in [0.15, 0.2) is 25.3 Å². The first kappa shape index (κ1) is 11.4. The summed E-state index contributed by atoms with van der Waals surface area (Å²) in [5.74, 6) is -1.28. The van der Waals surface area contributed by atoms with Crippen LogP contribution in [0.5, 0.6) is 0 Å². The molecule has 0 aliphatic heterocycles. The standard InChI is InChI=1S/C9H13NO3/c1-3-5-8(11)10(6-4-2)7-9(12)13/h3-4H,1-2,5-7H2,(H,12,13). The highest BCUT2D eigenvalue weighted by Gasteiger charge is 2.13. The van der Waals surface area contributed by atoms with Crippen LogP contribution in [0.1, 0.15) is 6.42 Å². The highest BCUT2D eigenvalue weighted by molar-refractivity contribution is 5.82. The minimum atomic E-state index is -1.03. The summed E-state index contributed by atoms with van der Waals surface area (Å²) in [5, 5.41) is 8.47. The van der Waals surface area contributed by atoms with Gasteiger partial charge in [-0.05, 0) is 0 Å². The molecule has 0 fully saturated rings. The lowest BCUT2D eigenvalue weighted by Crippen LogP contribution is -2.35. The molecule has 0 spiro atoms. The molecule has 0 radical (unpaired) electrons. The van der Waals surface area contributed by atoms with Crippen LogP contribution >= 0.6 is 0 Å². The van der Waals surface area contributed by atoms with Gasteiger partial charge in [0, 0.05) is 13.0 Å². The van der Waals surface area contributed by atoms with Crippen molar-refractivity contribution in [2.75, 3.05) is 13.1 Å². The van der Waals surface area contributed by atoms with Crippen molar-refractivity contribution in [3.63, 3.8) is 0 Å². The average molecular weight is 183 g/mol. The zero-order valence-corrected chi connectivity index (χ0v) is 7.40. The van der Waals surface area contributed by atoms with Gasteiger partial charge in [-0.15, -0.1) is 13.2 Å². The van der Waals surface area contributed by atoms with Gasteiger partial charge < -0.3 is 10.0 Å². The molecule has 0 saturated heterocycles. The van der Waals surface area contributed by atoms with Gasteiger partial charge in [0.25, 0.3) is 0 Å². The molecule has 0 bridgehead atoms. The maximum Gasteiger partial charge on any atom is 0.323 e. The zero-order valence-electron chi connectivity index (χ0n) is 7.40. The molecule has 72 valence electrons. The Kier molecular flexibility index (Phi) is 5.27. The number of carbonyl (C=O) groups is 2. The van der Waals surface area contributed by atoms with Crippen LogP contribution in [0.3, 0.4) is 0 Å². The molecular formula is C9H13NO3. The highest BCUT2D eigenvalue weighted by Crippen LogP contribution is 1.95. The minimum absolute atomic E-state index is 0.154. The predicted octanol–water partition coefficient (Wildman–Crippen LogP) is 0.662. The van der Waals surface area contributed by atoms with E-state index in [-0.39, 0.29) is 25.4 Å². The van der Waals surface area contributed by atoms with Gasteiger partial charge in [0.15, 0.2) is 0 Å². The predicted molar refractivity (Wildman–Crippen MR) is 49.2 cm³/mol. The van der Waals surface area contributed by atoms with Crippen molar-refractivity contribution in [3.05, 3.63) is 25.3 Å². The van der Waals surface area contributed by atoms with Gasteiger partial charge in [0.2, 0.25) is 5.91 Å². The van der Waals surface area contributed by atoms with Crippen LogP contribution in [0.2, 0.25) is 0 Å². The Hall–Kier alpha value is -1.58. The van der Waals surface area contributed by atoms with Crippen molar-refractivity contribution in [1.82, 2.24) is 4.90 Å². The Bertz CT molecular complexity index is 223. The number of carbonyl (C=O) groups excluding carboxylic acids is 1. The summed E-state index contributed by atoms with van der Waals surface area (Å²) in [5.41, 5.74) is 0.